The summed E-state index contributed by atoms with van der Waals surface area (Å²) in [5.41, 5.74) is 3.44. The summed E-state index contributed by atoms with van der Waals surface area (Å²) in [5, 5.41) is 0. The molecule has 6 nitrogen and oxygen atoms in total. The Balaban J connectivity index is 1.30. The van der Waals surface area contributed by atoms with Crippen LogP contribution in [0.25, 0.3) is 0 Å². The zero-order valence-corrected chi connectivity index (χ0v) is 17.8. The van der Waals surface area contributed by atoms with Gasteiger partial charge in [-0.2, -0.15) is 0 Å². The van der Waals surface area contributed by atoms with Gasteiger partial charge in [-0.15, -0.1) is 0 Å². The molecule has 0 saturated carbocycles. The first-order valence-corrected chi connectivity index (χ1v) is 11.3. The number of pyridine rings is 1. The zero-order valence-electron chi connectivity index (χ0n) is 17.8. The second kappa shape index (κ2) is 8.42. The van der Waals surface area contributed by atoms with Crippen LogP contribution >= 0.6 is 0 Å². The summed E-state index contributed by atoms with van der Waals surface area (Å²) < 4.78 is 5.40. The van der Waals surface area contributed by atoms with E-state index in [1.807, 2.05) is 21.9 Å². The number of benzene rings is 1. The van der Waals surface area contributed by atoms with Crippen LogP contribution in [0.5, 0.6) is 0 Å². The standard InChI is InChI=1S/C25H29N3O3/c29-23(27-12-14-31-15-13-27)16-20-17-25(22-6-2-1-5-21(20)22)7-10-28(11-8-25)24(30)19-4-3-9-26-18-19/h1-6,9,18,20H,7-8,10-17H2/t20-/m1/s1. The molecule has 1 aromatic heterocycles. The van der Waals surface area contributed by atoms with E-state index in [1.54, 1.807) is 12.4 Å². The SMILES string of the molecule is O=C(C[C@@H]1CC2(CCN(C(=O)c3cccnc3)CC2)c2ccccc21)N1CCOCC1. The van der Waals surface area contributed by atoms with E-state index in [9.17, 15) is 9.59 Å². The zero-order chi connectivity index (χ0) is 21.3. The van der Waals surface area contributed by atoms with Gasteiger partial charge in [0.2, 0.25) is 5.91 Å². The molecule has 0 radical (unpaired) electrons. The Kier molecular flexibility index (Phi) is 5.48. The molecular formula is C25H29N3O3. The van der Waals surface area contributed by atoms with Gasteiger partial charge >= 0.3 is 0 Å². The van der Waals surface area contributed by atoms with Gasteiger partial charge in [0.05, 0.1) is 18.8 Å². The van der Waals surface area contributed by atoms with E-state index in [-0.39, 0.29) is 23.1 Å². The van der Waals surface area contributed by atoms with E-state index >= 15 is 0 Å². The molecule has 0 unspecified atom stereocenters. The van der Waals surface area contributed by atoms with Crippen molar-refractivity contribution in [2.75, 3.05) is 39.4 Å². The lowest BCUT2D eigenvalue weighted by atomic mass is 9.73. The predicted octanol–water partition coefficient (Wildman–Crippen LogP) is 2.99. The molecule has 2 aromatic rings. The number of carbonyl (C=O) groups is 2. The van der Waals surface area contributed by atoms with Crippen LogP contribution in [-0.4, -0.2) is 66.0 Å². The third-order valence-electron chi connectivity index (χ3n) is 7.31. The van der Waals surface area contributed by atoms with Crippen LogP contribution in [0.3, 0.4) is 0 Å². The van der Waals surface area contributed by atoms with E-state index in [2.05, 4.69) is 29.2 Å². The van der Waals surface area contributed by atoms with Crippen molar-refractivity contribution in [2.24, 2.45) is 0 Å². The van der Waals surface area contributed by atoms with Crippen molar-refractivity contribution < 1.29 is 14.3 Å². The van der Waals surface area contributed by atoms with Gasteiger partial charge in [0, 0.05) is 45.0 Å². The largest absolute Gasteiger partial charge is 0.378 e. The molecule has 3 heterocycles. The van der Waals surface area contributed by atoms with E-state index in [0.29, 0.717) is 38.3 Å². The molecule has 0 N–H and O–H groups in total. The fourth-order valence-corrected chi connectivity index (χ4v) is 5.65. The van der Waals surface area contributed by atoms with E-state index in [4.69, 9.17) is 4.74 Å². The van der Waals surface area contributed by atoms with Gasteiger partial charge in [0.15, 0.2) is 0 Å². The number of amides is 2. The van der Waals surface area contributed by atoms with Crippen molar-refractivity contribution in [2.45, 2.75) is 37.0 Å². The van der Waals surface area contributed by atoms with Gasteiger partial charge in [-0.25, -0.2) is 0 Å². The van der Waals surface area contributed by atoms with Crippen LogP contribution in [0.4, 0.5) is 0 Å². The summed E-state index contributed by atoms with van der Waals surface area (Å²) in [6, 6.07) is 12.3. The monoisotopic (exact) mass is 419 g/mol. The minimum atomic E-state index is 0.0632. The fraction of sp³-hybridized carbons (Fsp3) is 0.480. The number of hydrogen-bond acceptors (Lipinski definition) is 4. The van der Waals surface area contributed by atoms with Crippen molar-refractivity contribution in [1.29, 1.82) is 0 Å². The molecule has 2 amide bonds. The number of carbonyl (C=O) groups excluding carboxylic acids is 2. The number of ether oxygens (including phenoxy) is 1. The summed E-state index contributed by atoms with van der Waals surface area (Å²) in [6.45, 7) is 4.15. The second-order valence-corrected chi connectivity index (χ2v) is 9.00. The van der Waals surface area contributed by atoms with Gasteiger partial charge in [0.1, 0.15) is 0 Å². The van der Waals surface area contributed by atoms with Crippen LogP contribution in [0.2, 0.25) is 0 Å². The Labute approximate surface area is 183 Å². The molecule has 162 valence electrons. The molecule has 6 heteroatoms. The first-order chi connectivity index (χ1) is 15.2. The van der Waals surface area contributed by atoms with Gasteiger partial charge < -0.3 is 14.5 Å². The van der Waals surface area contributed by atoms with Gasteiger partial charge in [0.25, 0.3) is 5.91 Å². The number of nitrogens with zero attached hydrogens (tertiary/aromatic N) is 3. The number of aromatic nitrogens is 1. The van der Waals surface area contributed by atoms with Gasteiger partial charge in [-0.05, 0) is 53.9 Å². The highest BCUT2D eigenvalue weighted by Gasteiger charge is 2.46. The lowest BCUT2D eigenvalue weighted by Gasteiger charge is -2.40. The Morgan fingerprint density at radius 3 is 2.52 bits per heavy atom. The Hall–Kier alpha value is -2.73. The highest BCUT2D eigenvalue weighted by molar-refractivity contribution is 5.94. The van der Waals surface area contributed by atoms with Crippen molar-refractivity contribution in [3.8, 4) is 0 Å². The predicted molar refractivity (Wildman–Crippen MR) is 117 cm³/mol. The minimum Gasteiger partial charge on any atom is -0.378 e. The molecule has 0 bridgehead atoms. The molecule has 2 saturated heterocycles. The Bertz CT molecular complexity index is 947. The molecule has 1 aromatic carbocycles. The van der Waals surface area contributed by atoms with Crippen LogP contribution in [-0.2, 0) is 14.9 Å². The topological polar surface area (TPSA) is 62.7 Å². The molecule has 3 aliphatic rings. The molecule has 1 atom stereocenters. The Morgan fingerprint density at radius 2 is 1.77 bits per heavy atom. The molecule has 1 aliphatic carbocycles. The maximum Gasteiger partial charge on any atom is 0.255 e. The molecular weight excluding hydrogens is 390 g/mol. The van der Waals surface area contributed by atoms with Crippen molar-refractivity contribution in [3.63, 3.8) is 0 Å². The van der Waals surface area contributed by atoms with Crippen molar-refractivity contribution >= 4 is 11.8 Å². The van der Waals surface area contributed by atoms with Crippen LogP contribution in [0.1, 0.15) is 53.1 Å². The average molecular weight is 420 g/mol. The molecule has 2 fully saturated rings. The van der Waals surface area contributed by atoms with E-state index < -0.39 is 0 Å². The van der Waals surface area contributed by atoms with E-state index in [1.165, 1.54) is 11.1 Å². The number of likely N-dealkylation sites (tertiary alicyclic amines) is 1. The lowest BCUT2D eigenvalue weighted by Crippen LogP contribution is -2.44. The van der Waals surface area contributed by atoms with Crippen LogP contribution in [0, 0.1) is 0 Å². The molecule has 1 spiro atoms. The first kappa shape index (κ1) is 20.2. The van der Waals surface area contributed by atoms with Crippen molar-refractivity contribution in [1.82, 2.24) is 14.8 Å². The number of rotatable bonds is 3. The summed E-state index contributed by atoms with van der Waals surface area (Å²) in [5.74, 6) is 0.560. The fourth-order valence-electron chi connectivity index (χ4n) is 5.65. The summed E-state index contributed by atoms with van der Waals surface area (Å²) in [4.78, 5) is 33.8. The van der Waals surface area contributed by atoms with Crippen molar-refractivity contribution in [3.05, 3.63) is 65.5 Å². The third kappa shape index (κ3) is 3.85. The molecule has 31 heavy (non-hydrogen) atoms. The number of fused-ring (bicyclic) bond motifs is 2. The smallest absolute Gasteiger partial charge is 0.255 e. The maximum atomic E-state index is 12.9. The summed E-state index contributed by atoms with van der Waals surface area (Å²) >= 11 is 0. The number of piperidine rings is 1. The quantitative estimate of drug-likeness (QED) is 0.767. The molecule has 5 rings (SSSR count). The molecule has 2 aliphatic heterocycles. The summed E-state index contributed by atoms with van der Waals surface area (Å²) in [7, 11) is 0. The van der Waals surface area contributed by atoms with E-state index in [0.717, 1.165) is 32.4 Å². The highest BCUT2D eigenvalue weighted by atomic mass is 16.5. The first-order valence-electron chi connectivity index (χ1n) is 11.3. The Morgan fingerprint density at radius 1 is 1.00 bits per heavy atom. The normalized spacial score (nSPS) is 22.4. The average Bonchev–Trinajstić information content (AvgIpc) is 3.13. The highest BCUT2D eigenvalue weighted by Crippen LogP contribution is 2.52. The number of hydrogen-bond donors (Lipinski definition) is 0. The van der Waals surface area contributed by atoms with Crippen LogP contribution in [0.15, 0.2) is 48.8 Å². The lowest BCUT2D eigenvalue weighted by molar-refractivity contribution is -0.135. The van der Waals surface area contributed by atoms with Gasteiger partial charge in [-0.3, -0.25) is 14.6 Å². The maximum absolute atomic E-state index is 12.9. The van der Waals surface area contributed by atoms with Crippen LogP contribution < -0.4 is 0 Å². The third-order valence-corrected chi connectivity index (χ3v) is 7.31. The second-order valence-electron chi connectivity index (χ2n) is 9.00. The number of morpholine rings is 1. The van der Waals surface area contributed by atoms with Gasteiger partial charge in [-0.1, -0.05) is 24.3 Å². The summed E-state index contributed by atoms with van der Waals surface area (Å²) in [6.07, 6.45) is 6.78. The minimum absolute atomic E-state index is 0.0632.